The normalized spacial score (nSPS) is 17.7. The molecule has 0 spiro atoms. The Labute approximate surface area is 127 Å². The van der Waals surface area contributed by atoms with Gasteiger partial charge in [0.2, 0.25) is 0 Å². The predicted molar refractivity (Wildman–Crippen MR) is 84.9 cm³/mol. The summed E-state index contributed by atoms with van der Waals surface area (Å²) in [4.78, 5) is 9.36. The number of anilines is 1. The summed E-state index contributed by atoms with van der Waals surface area (Å²) in [6.07, 6.45) is 7.16. The highest BCUT2D eigenvalue weighted by atomic mass is 16.5. The summed E-state index contributed by atoms with van der Waals surface area (Å²) in [5.74, 6) is 7.68. The van der Waals surface area contributed by atoms with Gasteiger partial charge < -0.3 is 10.2 Å². The van der Waals surface area contributed by atoms with Gasteiger partial charge >= 0.3 is 0 Å². The second-order valence-electron chi connectivity index (χ2n) is 5.77. The van der Waals surface area contributed by atoms with E-state index in [-0.39, 0.29) is 6.10 Å². The van der Waals surface area contributed by atoms with E-state index in [0.29, 0.717) is 12.5 Å². The second kappa shape index (κ2) is 7.71. The molecule has 1 heterocycles. The van der Waals surface area contributed by atoms with Crippen molar-refractivity contribution in [2.45, 2.75) is 65.4 Å². The SMILES string of the molecule is CCOC(c1nc(C)c(CC)c(NN)n1)C1CCCCC1. The van der Waals surface area contributed by atoms with Crippen molar-refractivity contribution in [1.82, 2.24) is 9.97 Å². The van der Waals surface area contributed by atoms with Gasteiger partial charge in [0, 0.05) is 17.9 Å². The van der Waals surface area contributed by atoms with Crippen LogP contribution in [0.25, 0.3) is 0 Å². The van der Waals surface area contributed by atoms with Gasteiger partial charge in [0.1, 0.15) is 11.9 Å². The number of nitrogens with one attached hydrogen (secondary N) is 1. The summed E-state index contributed by atoms with van der Waals surface area (Å²) in [5.41, 5.74) is 4.80. The van der Waals surface area contributed by atoms with E-state index < -0.39 is 0 Å². The van der Waals surface area contributed by atoms with Crippen molar-refractivity contribution < 1.29 is 4.74 Å². The van der Waals surface area contributed by atoms with Gasteiger partial charge in [0.25, 0.3) is 0 Å². The highest BCUT2D eigenvalue weighted by molar-refractivity contribution is 5.45. The Kier molecular flexibility index (Phi) is 5.94. The largest absolute Gasteiger partial charge is 0.370 e. The molecule has 5 nitrogen and oxygen atoms in total. The maximum Gasteiger partial charge on any atom is 0.160 e. The minimum atomic E-state index is -0.00740. The van der Waals surface area contributed by atoms with Crippen LogP contribution in [-0.4, -0.2) is 16.6 Å². The highest BCUT2D eigenvalue weighted by Gasteiger charge is 2.28. The van der Waals surface area contributed by atoms with Crippen LogP contribution in [0, 0.1) is 12.8 Å². The molecule has 1 aromatic rings. The predicted octanol–water partition coefficient (Wildman–Crippen LogP) is 3.29. The molecule has 1 saturated carbocycles. The van der Waals surface area contributed by atoms with E-state index in [4.69, 9.17) is 15.6 Å². The van der Waals surface area contributed by atoms with Gasteiger partial charge in [-0.3, -0.25) is 0 Å². The molecule has 0 radical (unpaired) electrons. The van der Waals surface area contributed by atoms with Crippen molar-refractivity contribution in [2.24, 2.45) is 11.8 Å². The lowest BCUT2D eigenvalue weighted by Gasteiger charge is -2.29. The molecule has 118 valence electrons. The number of nitrogen functional groups attached to an aromatic ring is 1. The van der Waals surface area contributed by atoms with Crippen molar-refractivity contribution >= 4 is 5.82 Å². The van der Waals surface area contributed by atoms with Crippen LogP contribution in [0.4, 0.5) is 5.82 Å². The summed E-state index contributed by atoms with van der Waals surface area (Å²) in [6, 6.07) is 0. The van der Waals surface area contributed by atoms with E-state index in [1.165, 1.54) is 32.1 Å². The lowest BCUT2D eigenvalue weighted by atomic mass is 9.84. The van der Waals surface area contributed by atoms with Crippen LogP contribution in [0.1, 0.15) is 69.1 Å². The quantitative estimate of drug-likeness (QED) is 0.621. The fourth-order valence-electron chi connectivity index (χ4n) is 3.33. The molecule has 1 unspecified atom stereocenters. The average Bonchev–Trinajstić information content (AvgIpc) is 2.52. The minimum Gasteiger partial charge on any atom is -0.370 e. The minimum absolute atomic E-state index is 0.00740. The molecule has 0 aromatic carbocycles. The first-order valence-electron chi connectivity index (χ1n) is 8.16. The van der Waals surface area contributed by atoms with E-state index >= 15 is 0 Å². The van der Waals surface area contributed by atoms with E-state index in [9.17, 15) is 0 Å². The zero-order valence-corrected chi connectivity index (χ0v) is 13.5. The maximum atomic E-state index is 6.00. The number of hydrazine groups is 1. The first kappa shape index (κ1) is 16.2. The summed E-state index contributed by atoms with van der Waals surface area (Å²) in [6.45, 7) is 6.83. The molecule has 0 amide bonds. The second-order valence-corrected chi connectivity index (χ2v) is 5.77. The Balaban J connectivity index is 2.32. The van der Waals surface area contributed by atoms with Crippen LogP contribution in [0.15, 0.2) is 0 Å². The molecule has 0 aliphatic heterocycles. The van der Waals surface area contributed by atoms with Crippen LogP contribution >= 0.6 is 0 Å². The smallest absolute Gasteiger partial charge is 0.160 e. The number of nitrogens with zero attached hydrogens (tertiary/aromatic N) is 2. The molecule has 1 aromatic heterocycles. The summed E-state index contributed by atoms with van der Waals surface area (Å²) in [5, 5.41) is 0. The van der Waals surface area contributed by atoms with E-state index in [1.807, 2.05) is 13.8 Å². The first-order valence-corrected chi connectivity index (χ1v) is 8.16. The van der Waals surface area contributed by atoms with Gasteiger partial charge in [-0.05, 0) is 39.0 Å². The van der Waals surface area contributed by atoms with Crippen molar-refractivity contribution in [2.75, 3.05) is 12.0 Å². The molecule has 1 fully saturated rings. The molecule has 1 atom stereocenters. The van der Waals surface area contributed by atoms with Crippen LogP contribution in [-0.2, 0) is 11.2 Å². The first-order chi connectivity index (χ1) is 10.2. The Morgan fingerprint density at radius 3 is 2.52 bits per heavy atom. The van der Waals surface area contributed by atoms with Gasteiger partial charge in [-0.25, -0.2) is 15.8 Å². The molecule has 21 heavy (non-hydrogen) atoms. The molecule has 0 saturated heterocycles. The monoisotopic (exact) mass is 292 g/mol. The number of hydrogen-bond donors (Lipinski definition) is 2. The third-order valence-corrected chi connectivity index (χ3v) is 4.40. The van der Waals surface area contributed by atoms with Crippen LogP contribution in [0.5, 0.6) is 0 Å². The number of aromatic nitrogens is 2. The average molecular weight is 292 g/mol. The maximum absolute atomic E-state index is 6.00. The van der Waals surface area contributed by atoms with E-state index in [2.05, 4.69) is 17.3 Å². The molecule has 0 bridgehead atoms. The molecule has 5 heteroatoms. The van der Waals surface area contributed by atoms with Crippen molar-refractivity contribution in [3.05, 3.63) is 17.1 Å². The Morgan fingerprint density at radius 2 is 1.95 bits per heavy atom. The highest BCUT2D eigenvalue weighted by Crippen LogP contribution is 2.36. The summed E-state index contributed by atoms with van der Waals surface area (Å²) in [7, 11) is 0. The fourth-order valence-corrected chi connectivity index (χ4v) is 3.33. The number of rotatable bonds is 6. The summed E-state index contributed by atoms with van der Waals surface area (Å²) >= 11 is 0. The molecule has 2 rings (SSSR count). The van der Waals surface area contributed by atoms with Crippen molar-refractivity contribution in [3.63, 3.8) is 0 Å². The van der Waals surface area contributed by atoms with Crippen molar-refractivity contribution in [1.29, 1.82) is 0 Å². The molecule has 1 aliphatic carbocycles. The molecule has 3 N–H and O–H groups in total. The molecular formula is C16H28N4O. The Morgan fingerprint density at radius 1 is 1.24 bits per heavy atom. The standard InChI is InChI=1S/C16H28N4O/c1-4-13-11(3)18-16(19-15(13)20-17)14(21-5-2)12-9-7-6-8-10-12/h12,14H,4-10,17H2,1-3H3,(H,18,19,20). The summed E-state index contributed by atoms with van der Waals surface area (Å²) < 4.78 is 6.00. The number of ether oxygens (including phenoxy) is 1. The van der Waals surface area contributed by atoms with E-state index in [0.717, 1.165) is 29.3 Å². The number of hydrogen-bond acceptors (Lipinski definition) is 5. The third-order valence-electron chi connectivity index (χ3n) is 4.40. The lowest BCUT2D eigenvalue weighted by Crippen LogP contribution is -2.23. The topological polar surface area (TPSA) is 73.1 Å². The van der Waals surface area contributed by atoms with Gasteiger partial charge in [0.05, 0.1) is 0 Å². The van der Waals surface area contributed by atoms with Gasteiger partial charge in [-0.1, -0.05) is 26.2 Å². The van der Waals surface area contributed by atoms with Gasteiger partial charge in [-0.2, -0.15) is 0 Å². The Bertz CT molecular complexity index is 458. The zero-order chi connectivity index (χ0) is 15.2. The van der Waals surface area contributed by atoms with Crippen LogP contribution < -0.4 is 11.3 Å². The molecule has 1 aliphatic rings. The number of nitrogens with two attached hydrogens (primary N) is 1. The van der Waals surface area contributed by atoms with Gasteiger partial charge in [-0.15, -0.1) is 0 Å². The lowest BCUT2D eigenvalue weighted by molar-refractivity contribution is -0.000221. The number of aryl methyl sites for hydroxylation is 1. The van der Waals surface area contributed by atoms with Crippen LogP contribution in [0.3, 0.4) is 0 Å². The fraction of sp³-hybridized carbons (Fsp3) is 0.750. The third kappa shape index (κ3) is 3.71. The zero-order valence-electron chi connectivity index (χ0n) is 13.5. The van der Waals surface area contributed by atoms with Crippen LogP contribution in [0.2, 0.25) is 0 Å². The Hall–Kier alpha value is -1.20. The van der Waals surface area contributed by atoms with Crippen molar-refractivity contribution in [3.8, 4) is 0 Å². The molecular weight excluding hydrogens is 264 g/mol. The van der Waals surface area contributed by atoms with E-state index in [1.54, 1.807) is 0 Å². The van der Waals surface area contributed by atoms with Gasteiger partial charge in [0.15, 0.2) is 5.82 Å².